The van der Waals surface area contributed by atoms with E-state index in [0.29, 0.717) is 0 Å². The minimum absolute atomic E-state index is 0.0618. The van der Waals surface area contributed by atoms with E-state index in [0.717, 1.165) is 24.2 Å². The molecule has 5 heteroatoms. The van der Waals surface area contributed by atoms with Crippen LogP contribution >= 0.6 is 22.7 Å². The number of fused-ring (bicyclic) bond motifs is 14. The zero-order valence-corrected chi connectivity index (χ0v) is 42.3. The fraction of sp³-hybridized carbons (Fsp3) is 0.270. The molecule has 0 saturated carbocycles. The molecule has 14 rings (SSSR count). The second-order valence-corrected chi connectivity index (χ2v) is 25.6. The van der Waals surface area contributed by atoms with E-state index < -0.39 is 0 Å². The van der Waals surface area contributed by atoms with Gasteiger partial charge in [-0.2, -0.15) is 0 Å². The smallest absolute Gasteiger partial charge is 0.197 e. The van der Waals surface area contributed by atoms with Crippen molar-refractivity contribution in [1.82, 2.24) is 4.57 Å². The van der Waals surface area contributed by atoms with E-state index in [4.69, 9.17) is 0 Å². The van der Waals surface area contributed by atoms with Gasteiger partial charge in [-0.25, -0.2) is 0 Å². The van der Waals surface area contributed by atoms with E-state index >= 15 is 0 Å². The van der Waals surface area contributed by atoms with Crippen LogP contribution in [-0.2, 0) is 21.7 Å². The second kappa shape index (κ2) is 13.7. The van der Waals surface area contributed by atoms with Crippen molar-refractivity contribution in [2.45, 2.75) is 110 Å². The summed E-state index contributed by atoms with van der Waals surface area (Å²) in [4.78, 5) is 0. The third-order valence-corrected chi connectivity index (χ3v) is 19.2. The number of thiophene rings is 2. The highest BCUT2D eigenvalue weighted by atomic mass is 32.1. The van der Waals surface area contributed by atoms with Crippen LogP contribution in [0.1, 0.15) is 116 Å². The molecule has 1 radical (unpaired) electrons. The van der Waals surface area contributed by atoms with Crippen molar-refractivity contribution < 1.29 is 0 Å². The Labute approximate surface area is 408 Å². The number of anilines is 2. The van der Waals surface area contributed by atoms with Gasteiger partial charge in [0.2, 0.25) is 0 Å². The van der Waals surface area contributed by atoms with Crippen LogP contribution in [0.2, 0.25) is 0 Å². The molecule has 4 aliphatic rings. The molecule has 2 nitrogen and oxygen atoms in total. The highest BCUT2D eigenvalue weighted by molar-refractivity contribution is 7.26. The summed E-state index contributed by atoms with van der Waals surface area (Å²) in [6.45, 7) is 21.6. The fourth-order valence-electron chi connectivity index (χ4n) is 12.9. The number of benzene rings is 7. The van der Waals surface area contributed by atoms with E-state index in [-0.39, 0.29) is 21.7 Å². The van der Waals surface area contributed by atoms with E-state index in [2.05, 4.69) is 201 Å². The number of aromatic nitrogens is 1. The number of nitrogens with zero attached hydrogens (tertiary/aromatic N) is 1. The highest BCUT2D eigenvalue weighted by Gasteiger charge is 2.40. The monoisotopic (exact) mass is 915 g/mol. The SMILES string of the molecule is CC(C)(C)c1ccc(Nc2cc3sc4cc5c(cc4c3cc2-c2ccc3c4cc6sc7ccccc7c6cc4n4c3c2[B]c2cc3c(cc2-4)C2=C(C=CCC2)C3(C)C)C(C)(C)CCC5(C)C)cc1. The first-order chi connectivity index (χ1) is 32.5. The summed E-state index contributed by atoms with van der Waals surface area (Å²) in [6.07, 6.45) is 9.41. The van der Waals surface area contributed by atoms with Crippen LogP contribution < -0.4 is 16.2 Å². The molecule has 4 heterocycles. The fourth-order valence-corrected chi connectivity index (χ4v) is 15.2. The summed E-state index contributed by atoms with van der Waals surface area (Å²) < 4.78 is 8.05. The van der Waals surface area contributed by atoms with Gasteiger partial charge in [-0.1, -0.05) is 128 Å². The van der Waals surface area contributed by atoms with Crippen molar-refractivity contribution in [2.75, 3.05) is 5.32 Å². The topological polar surface area (TPSA) is 17.0 Å². The number of rotatable bonds is 3. The van der Waals surface area contributed by atoms with Gasteiger partial charge in [-0.3, -0.25) is 0 Å². The molecule has 0 amide bonds. The Morgan fingerprint density at radius 3 is 2.10 bits per heavy atom. The molecule has 3 aromatic heterocycles. The molecule has 0 saturated heterocycles. The molecule has 68 heavy (non-hydrogen) atoms. The van der Waals surface area contributed by atoms with Crippen LogP contribution in [0, 0.1) is 0 Å². The third kappa shape index (κ3) is 5.69. The van der Waals surface area contributed by atoms with Gasteiger partial charge < -0.3 is 9.88 Å². The molecular formula is C63H56BN2S2. The summed E-state index contributed by atoms with van der Waals surface area (Å²) in [5.41, 5.74) is 21.8. The number of hydrogen-bond donors (Lipinski definition) is 1. The van der Waals surface area contributed by atoms with Gasteiger partial charge in [-0.15, -0.1) is 22.7 Å². The Kier molecular flexibility index (Phi) is 8.27. The molecular weight excluding hydrogens is 860 g/mol. The van der Waals surface area contributed by atoms with Crippen molar-refractivity contribution >= 4 is 120 Å². The largest absolute Gasteiger partial charge is 0.355 e. The van der Waals surface area contributed by atoms with Crippen molar-refractivity contribution in [3.63, 3.8) is 0 Å². The Morgan fingerprint density at radius 2 is 1.31 bits per heavy atom. The van der Waals surface area contributed by atoms with Crippen molar-refractivity contribution in [2.24, 2.45) is 0 Å². The maximum absolute atomic E-state index is 4.03. The zero-order valence-electron chi connectivity index (χ0n) is 40.7. The molecule has 0 atom stereocenters. The molecule has 0 unspecified atom stereocenters. The average molecular weight is 916 g/mol. The van der Waals surface area contributed by atoms with E-state index in [9.17, 15) is 0 Å². The van der Waals surface area contributed by atoms with Crippen molar-refractivity contribution in [3.05, 3.63) is 155 Å². The number of hydrogen-bond acceptors (Lipinski definition) is 3. The number of nitrogens with one attached hydrogen (secondary N) is 1. The summed E-state index contributed by atoms with van der Waals surface area (Å²) in [6, 6.07) is 43.2. The molecule has 10 aromatic rings. The highest BCUT2D eigenvalue weighted by Crippen LogP contribution is 2.53. The van der Waals surface area contributed by atoms with Crippen LogP contribution in [0.15, 0.2) is 127 Å². The van der Waals surface area contributed by atoms with Gasteiger partial charge in [0, 0.05) is 84.7 Å². The maximum Gasteiger partial charge on any atom is 0.197 e. The Morgan fingerprint density at radius 1 is 0.603 bits per heavy atom. The van der Waals surface area contributed by atoms with Crippen LogP contribution in [0.3, 0.4) is 0 Å². The minimum Gasteiger partial charge on any atom is -0.355 e. The van der Waals surface area contributed by atoms with Gasteiger partial charge in [-0.05, 0) is 153 Å². The average Bonchev–Trinajstić information content (AvgIpc) is 4.02. The third-order valence-electron chi connectivity index (χ3n) is 16.9. The van der Waals surface area contributed by atoms with Gasteiger partial charge in [0.1, 0.15) is 0 Å². The van der Waals surface area contributed by atoms with E-state index in [1.165, 1.54) is 142 Å². The quantitative estimate of drug-likeness (QED) is 0.175. The standard InChI is InChI=1S/C63H56BN2S2/c1-60(2,3)34-18-20-35(21-19-34)65-51-33-57-43(44-27-48-49(32-56(44)68-57)62(6,7)25-24-61(48,4)5)26-41(51)38-22-23-39-42-30-55-45(37-15-11-13-17-54(37)67-55)29-52(42)66-53-28-40-36-14-10-12-16-46(36)63(8,9)47(40)31-50(53)64-58(38)59(39)66/h11-13,15-23,26-33,65H,10,14,24-25H2,1-9H3. The summed E-state index contributed by atoms with van der Waals surface area (Å²) in [7, 11) is 2.55. The Balaban J connectivity index is 1.06. The summed E-state index contributed by atoms with van der Waals surface area (Å²) >= 11 is 3.87. The van der Waals surface area contributed by atoms with Crippen molar-refractivity contribution in [1.29, 1.82) is 0 Å². The first-order valence-corrected chi connectivity index (χ1v) is 26.5. The van der Waals surface area contributed by atoms with Gasteiger partial charge >= 0.3 is 0 Å². The predicted molar refractivity (Wildman–Crippen MR) is 299 cm³/mol. The van der Waals surface area contributed by atoms with Gasteiger partial charge in [0.05, 0.1) is 5.52 Å². The Hall–Kier alpha value is -5.88. The van der Waals surface area contributed by atoms with Crippen LogP contribution in [0.25, 0.3) is 84.5 Å². The molecule has 1 N–H and O–H groups in total. The first-order valence-electron chi connectivity index (χ1n) is 24.8. The molecule has 3 aliphatic carbocycles. The second-order valence-electron chi connectivity index (χ2n) is 23.4. The lowest BCUT2D eigenvalue weighted by Crippen LogP contribution is -2.38. The first kappa shape index (κ1) is 41.1. The molecule has 7 aromatic carbocycles. The van der Waals surface area contributed by atoms with Gasteiger partial charge in [0.15, 0.2) is 7.28 Å². The van der Waals surface area contributed by atoms with E-state index in [1.54, 1.807) is 0 Å². The van der Waals surface area contributed by atoms with Crippen LogP contribution in [0.4, 0.5) is 11.4 Å². The van der Waals surface area contributed by atoms with E-state index in [1.807, 2.05) is 22.7 Å². The van der Waals surface area contributed by atoms with Crippen LogP contribution in [0.5, 0.6) is 0 Å². The maximum atomic E-state index is 4.03. The lowest BCUT2D eigenvalue weighted by molar-refractivity contribution is 0.332. The lowest BCUT2D eigenvalue weighted by Gasteiger charge is -2.41. The van der Waals surface area contributed by atoms with Gasteiger partial charge in [0.25, 0.3) is 0 Å². The normalized spacial score (nSPS) is 17.6. The molecule has 0 fully saturated rings. The molecule has 0 spiro atoms. The van der Waals surface area contributed by atoms with Crippen LogP contribution in [-0.4, -0.2) is 11.8 Å². The summed E-state index contributed by atoms with van der Waals surface area (Å²) in [5.74, 6) is 0. The lowest BCUT2D eigenvalue weighted by atomic mass is 9.58. The zero-order chi connectivity index (χ0) is 46.4. The molecule has 0 bridgehead atoms. The molecule has 333 valence electrons. The minimum atomic E-state index is -0.0618. The summed E-state index contributed by atoms with van der Waals surface area (Å²) in [5, 5.41) is 12.1. The predicted octanol–water partition coefficient (Wildman–Crippen LogP) is 16.9. The Bertz CT molecular complexity index is 3970. The number of allylic oxidation sites excluding steroid dienone is 4. The molecule has 1 aliphatic heterocycles. The van der Waals surface area contributed by atoms with Crippen molar-refractivity contribution in [3.8, 4) is 16.8 Å².